The minimum atomic E-state index is -0.132. The molecule has 0 aliphatic carbocycles. The largest absolute Gasteiger partial charge is 0.496 e. The molecule has 2 aromatic rings. The number of amides is 1. The van der Waals surface area contributed by atoms with Gasteiger partial charge in [-0.05, 0) is 29.7 Å². The van der Waals surface area contributed by atoms with E-state index in [1.165, 1.54) is 0 Å². The molecule has 0 unspecified atom stereocenters. The van der Waals surface area contributed by atoms with Crippen molar-refractivity contribution in [3.8, 4) is 5.75 Å². The number of benzene rings is 2. The van der Waals surface area contributed by atoms with Crippen LogP contribution in [-0.2, 0) is 11.2 Å². The van der Waals surface area contributed by atoms with E-state index >= 15 is 0 Å². The summed E-state index contributed by atoms with van der Waals surface area (Å²) in [6.45, 7) is 0. The van der Waals surface area contributed by atoms with Crippen LogP contribution in [0.15, 0.2) is 48.5 Å². The molecule has 1 aliphatic heterocycles. The molecule has 2 aromatic carbocycles. The Morgan fingerprint density at radius 2 is 1.84 bits per heavy atom. The van der Waals surface area contributed by atoms with E-state index in [0.717, 1.165) is 22.6 Å². The Balaban J connectivity index is 1.93. The first-order chi connectivity index (χ1) is 9.29. The molecule has 96 valence electrons. The van der Waals surface area contributed by atoms with E-state index in [9.17, 15) is 4.79 Å². The fraction of sp³-hybridized carbons (Fsp3) is 0.188. The molecule has 0 aromatic heterocycles. The first-order valence-electron chi connectivity index (χ1n) is 6.31. The number of anilines is 1. The number of carbonyl (C=O) groups excluding carboxylic acids is 1. The van der Waals surface area contributed by atoms with Gasteiger partial charge >= 0.3 is 0 Å². The van der Waals surface area contributed by atoms with Crippen LogP contribution < -0.4 is 10.1 Å². The lowest BCUT2D eigenvalue weighted by Crippen LogP contribution is -2.14. The van der Waals surface area contributed by atoms with Crippen LogP contribution in [0.2, 0.25) is 0 Å². The number of hydrogen-bond acceptors (Lipinski definition) is 2. The molecule has 0 spiro atoms. The van der Waals surface area contributed by atoms with Crippen LogP contribution in [0.1, 0.15) is 17.0 Å². The molecular formula is C16H15NO2. The summed E-state index contributed by atoms with van der Waals surface area (Å²) in [6.07, 6.45) is 0.660. The van der Waals surface area contributed by atoms with Crippen molar-refractivity contribution in [3.63, 3.8) is 0 Å². The molecule has 0 radical (unpaired) electrons. The second-order valence-corrected chi connectivity index (χ2v) is 4.65. The third kappa shape index (κ3) is 2.08. The number of methoxy groups -OCH3 is 1. The Bertz CT molecular complexity index is 622. The average molecular weight is 253 g/mol. The van der Waals surface area contributed by atoms with Gasteiger partial charge in [0.15, 0.2) is 0 Å². The molecule has 1 atom stereocenters. The van der Waals surface area contributed by atoms with Crippen molar-refractivity contribution in [1.29, 1.82) is 0 Å². The van der Waals surface area contributed by atoms with Gasteiger partial charge in [-0.2, -0.15) is 0 Å². The topological polar surface area (TPSA) is 38.3 Å². The minimum Gasteiger partial charge on any atom is -0.496 e. The Hall–Kier alpha value is -2.29. The molecule has 0 saturated carbocycles. The van der Waals surface area contributed by atoms with E-state index in [4.69, 9.17) is 4.74 Å². The third-order valence-corrected chi connectivity index (χ3v) is 3.53. The predicted octanol–water partition coefficient (Wildman–Crippen LogP) is 2.97. The number of fused-ring (bicyclic) bond motifs is 1. The van der Waals surface area contributed by atoms with Crippen molar-refractivity contribution < 1.29 is 9.53 Å². The lowest BCUT2D eigenvalue weighted by Gasteiger charge is -2.12. The van der Waals surface area contributed by atoms with Crippen molar-refractivity contribution in [2.45, 2.75) is 12.3 Å². The predicted molar refractivity (Wildman–Crippen MR) is 74.5 cm³/mol. The van der Waals surface area contributed by atoms with Crippen molar-refractivity contribution in [1.82, 2.24) is 0 Å². The number of carbonyl (C=O) groups is 1. The van der Waals surface area contributed by atoms with Gasteiger partial charge in [0, 0.05) is 5.69 Å². The monoisotopic (exact) mass is 253 g/mol. The molecule has 19 heavy (non-hydrogen) atoms. The van der Waals surface area contributed by atoms with Gasteiger partial charge in [0.1, 0.15) is 5.75 Å². The number of para-hydroxylation sites is 2. The quantitative estimate of drug-likeness (QED) is 0.913. The highest BCUT2D eigenvalue weighted by atomic mass is 16.5. The van der Waals surface area contributed by atoms with E-state index < -0.39 is 0 Å². The third-order valence-electron chi connectivity index (χ3n) is 3.53. The van der Waals surface area contributed by atoms with Crippen molar-refractivity contribution in [2.24, 2.45) is 0 Å². The van der Waals surface area contributed by atoms with Crippen LogP contribution in [0.4, 0.5) is 5.69 Å². The normalized spacial score (nSPS) is 16.9. The van der Waals surface area contributed by atoms with Gasteiger partial charge < -0.3 is 10.1 Å². The van der Waals surface area contributed by atoms with Gasteiger partial charge in [-0.1, -0.05) is 36.4 Å². The second kappa shape index (κ2) is 4.76. The van der Waals surface area contributed by atoms with Crippen molar-refractivity contribution >= 4 is 11.6 Å². The summed E-state index contributed by atoms with van der Waals surface area (Å²) in [5, 5.41) is 2.93. The molecule has 3 nitrogen and oxygen atoms in total. The Morgan fingerprint density at radius 1 is 1.11 bits per heavy atom. The first-order valence-corrected chi connectivity index (χ1v) is 6.31. The Kier molecular flexibility index (Phi) is 2.95. The van der Waals surface area contributed by atoms with E-state index in [1.54, 1.807) is 7.11 Å². The lowest BCUT2D eigenvalue weighted by molar-refractivity contribution is -0.117. The van der Waals surface area contributed by atoms with Crippen molar-refractivity contribution in [2.75, 3.05) is 12.4 Å². The highest BCUT2D eigenvalue weighted by Gasteiger charge is 2.30. The highest BCUT2D eigenvalue weighted by molar-refractivity contribution is 6.03. The highest BCUT2D eigenvalue weighted by Crippen LogP contribution is 2.35. The van der Waals surface area contributed by atoms with Crippen LogP contribution in [0.3, 0.4) is 0 Å². The fourth-order valence-corrected chi connectivity index (χ4v) is 2.57. The average Bonchev–Trinajstić information content (AvgIpc) is 2.76. The fourth-order valence-electron chi connectivity index (χ4n) is 2.57. The summed E-state index contributed by atoms with van der Waals surface area (Å²) in [4.78, 5) is 12.1. The Morgan fingerprint density at radius 3 is 2.68 bits per heavy atom. The first kappa shape index (κ1) is 11.8. The maximum Gasteiger partial charge on any atom is 0.232 e. The summed E-state index contributed by atoms with van der Waals surface area (Å²) in [6, 6.07) is 15.7. The molecule has 1 amide bonds. The van der Waals surface area contributed by atoms with Crippen LogP contribution in [0, 0.1) is 0 Å². The summed E-state index contributed by atoms with van der Waals surface area (Å²) in [5.74, 6) is 0.763. The molecule has 0 saturated heterocycles. The van der Waals surface area contributed by atoms with E-state index in [-0.39, 0.29) is 11.8 Å². The summed E-state index contributed by atoms with van der Waals surface area (Å²) >= 11 is 0. The SMILES string of the molecule is COc1ccccc1C[C@H]1C(=O)Nc2ccccc21. The molecule has 0 fully saturated rings. The molecule has 3 rings (SSSR count). The van der Waals surface area contributed by atoms with Crippen LogP contribution >= 0.6 is 0 Å². The minimum absolute atomic E-state index is 0.0621. The smallest absolute Gasteiger partial charge is 0.232 e. The van der Waals surface area contributed by atoms with Crippen LogP contribution in [-0.4, -0.2) is 13.0 Å². The zero-order chi connectivity index (χ0) is 13.2. The van der Waals surface area contributed by atoms with Crippen molar-refractivity contribution in [3.05, 3.63) is 59.7 Å². The second-order valence-electron chi connectivity index (χ2n) is 4.65. The zero-order valence-corrected chi connectivity index (χ0v) is 10.7. The molecule has 3 heteroatoms. The molecule has 1 N–H and O–H groups in total. The molecule has 1 heterocycles. The van der Waals surface area contributed by atoms with Gasteiger partial charge in [0.25, 0.3) is 0 Å². The van der Waals surface area contributed by atoms with Crippen LogP contribution in [0.5, 0.6) is 5.75 Å². The number of hydrogen-bond donors (Lipinski definition) is 1. The lowest BCUT2D eigenvalue weighted by atomic mass is 9.93. The van der Waals surface area contributed by atoms with E-state index in [2.05, 4.69) is 5.32 Å². The van der Waals surface area contributed by atoms with Crippen LogP contribution in [0.25, 0.3) is 0 Å². The Labute approximate surface area is 112 Å². The van der Waals surface area contributed by atoms with E-state index in [0.29, 0.717) is 6.42 Å². The van der Waals surface area contributed by atoms with Gasteiger partial charge in [-0.25, -0.2) is 0 Å². The standard InChI is InChI=1S/C16H15NO2/c1-19-15-9-5-2-6-11(15)10-13-12-7-3-4-8-14(12)17-16(13)18/h2-9,13H,10H2,1H3,(H,17,18)/t13-/m1/s1. The number of ether oxygens (including phenoxy) is 1. The molecule has 1 aliphatic rings. The number of rotatable bonds is 3. The van der Waals surface area contributed by atoms with Gasteiger partial charge in [0.2, 0.25) is 5.91 Å². The van der Waals surface area contributed by atoms with Gasteiger partial charge in [-0.3, -0.25) is 4.79 Å². The van der Waals surface area contributed by atoms with Gasteiger partial charge in [0.05, 0.1) is 13.0 Å². The number of nitrogens with one attached hydrogen (secondary N) is 1. The summed E-state index contributed by atoms with van der Waals surface area (Å²) < 4.78 is 5.35. The van der Waals surface area contributed by atoms with Gasteiger partial charge in [-0.15, -0.1) is 0 Å². The van der Waals surface area contributed by atoms with E-state index in [1.807, 2.05) is 48.5 Å². The summed E-state index contributed by atoms with van der Waals surface area (Å²) in [5.41, 5.74) is 3.05. The molecular weight excluding hydrogens is 238 g/mol. The summed E-state index contributed by atoms with van der Waals surface area (Å²) in [7, 11) is 1.65. The maximum atomic E-state index is 12.1. The maximum absolute atomic E-state index is 12.1. The molecule has 0 bridgehead atoms. The zero-order valence-electron chi connectivity index (χ0n) is 10.7.